The van der Waals surface area contributed by atoms with Crippen LogP contribution in [0.5, 0.6) is 17.2 Å². The lowest BCUT2D eigenvalue weighted by molar-refractivity contribution is -0.115. The van der Waals surface area contributed by atoms with Gasteiger partial charge in [0.05, 0.1) is 7.11 Å². The van der Waals surface area contributed by atoms with Crippen molar-refractivity contribution in [3.05, 3.63) is 90.5 Å². The Hall–Kier alpha value is -3.84. The molecule has 32 heavy (non-hydrogen) atoms. The molecule has 0 fully saturated rings. The highest BCUT2D eigenvalue weighted by atomic mass is 32.1. The average Bonchev–Trinajstić information content (AvgIpc) is 2.82. The zero-order valence-electron chi connectivity index (χ0n) is 17.6. The molecule has 0 bridgehead atoms. The summed E-state index contributed by atoms with van der Waals surface area (Å²) >= 11 is 5.20. The van der Waals surface area contributed by atoms with E-state index in [1.54, 1.807) is 13.2 Å². The molecule has 1 amide bonds. The zero-order valence-corrected chi connectivity index (χ0v) is 18.4. The smallest absolute Gasteiger partial charge is 0.250 e. The average molecular weight is 449 g/mol. The predicted octanol–water partition coefficient (Wildman–Crippen LogP) is 4.68. The normalized spacial score (nSPS) is 10.4. The van der Waals surface area contributed by atoms with E-state index in [2.05, 4.69) is 10.6 Å². The van der Waals surface area contributed by atoms with Crippen molar-refractivity contribution in [3.8, 4) is 17.2 Å². The van der Waals surface area contributed by atoms with E-state index in [0.29, 0.717) is 19.0 Å². The molecule has 164 valence electrons. The van der Waals surface area contributed by atoms with E-state index in [1.807, 2.05) is 78.9 Å². The maximum Gasteiger partial charge on any atom is 0.250 e. The van der Waals surface area contributed by atoms with Gasteiger partial charge >= 0.3 is 0 Å². The molecule has 2 N–H and O–H groups in total. The molecule has 0 saturated carbocycles. The Morgan fingerprint density at radius 3 is 2.06 bits per heavy atom. The Bertz CT molecular complexity index is 1040. The number of carbonyl (C=O) groups excluding carboxylic acids is 1. The first-order valence-electron chi connectivity index (χ1n) is 9.97. The lowest BCUT2D eigenvalue weighted by Crippen LogP contribution is -2.32. The summed E-state index contributed by atoms with van der Waals surface area (Å²) in [6.07, 6.45) is 3.12. The van der Waals surface area contributed by atoms with Crippen LogP contribution < -0.4 is 24.8 Å². The van der Waals surface area contributed by atoms with Gasteiger partial charge in [0.15, 0.2) is 5.11 Å². The lowest BCUT2D eigenvalue weighted by Gasteiger charge is -2.10. The van der Waals surface area contributed by atoms with Crippen molar-refractivity contribution in [1.29, 1.82) is 0 Å². The van der Waals surface area contributed by atoms with Gasteiger partial charge in [-0.1, -0.05) is 30.3 Å². The van der Waals surface area contributed by atoms with E-state index >= 15 is 0 Å². The van der Waals surface area contributed by atoms with Crippen LogP contribution in [0.3, 0.4) is 0 Å². The number of hydrogen-bond donors (Lipinski definition) is 2. The monoisotopic (exact) mass is 448 g/mol. The summed E-state index contributed by atoms with van der Waals surface area (Å²) in [5.41, 5.74) is 1.62. The quantitative estimate of drug-likeness (QED) is 0.281. The molecule has 0 heterocycles. The van der Waals surface area contributed by atoms with Crippen LogP contribution in [0, 0.1) is 0 Å². The minimum Gasteiger partial charge on any atom is -0.497 e. The molecule has 7 heteroatoms. The van der Waals surface area contributed by atoms with Crippen molar-refractivity contribution in [2.75, 3.05) is 25.6 Å². The largest absolute Gasteiger partial charge is 0.497 e. The van der Waals surface area contributed by atoms with E-state index in [0.717, 1.165) is 22.7 Å². The van der Waals surface area contributed by atoms with E-state index in [1.165, 1.54) is 6.08 Å². The molecule has 0 radical (unpaired) electrons. The summed E-state index contributed by atoms with van der Waals surface area (Å²) in [5, 5.41) is 5.79. The standard InChI is InChI=1S/C25H24N2O4S/c1-29-21-12-7-19(8-13-21)9-16-24(28)27-25(32)26-20-10-14-23(15-11-20)31-18-17-30-22-5-3-2-4-6-22/h2-16H,17-18H2,1H3,(H2,26,27,28,32)/b16-9+. The van der Waals surface area contributed by atoms with Gasteiger partial charge in [-0.3, -0.25) is 10.1 Å². The summed E-state index contributed by atoms with van der Waals surface area (Å²) in [5.74, 6) is 1.96. The molecule has 6 nitrogen and oxygen atoms in total. The second kappa shape index (κ2) is 12.1. The summed E-state index contributed by atoms with van der Waals surface area (Å²) in [6, 6.07) is 24.2. The number of ether oxygens (including phenoxy) is 3. The zero-order chi connectivity index (χ0) is 22.6. The number of anilines is 1. The Morgan fingerprint density at radius 1 is 0.844 bits per heavy atom. The Kier molecular flexibility index (Phi) is 8.65. The highest BCUT2D eigenvalue weighted by molar-refractivity contribution is 7.80. The Balaban J connectivity index is 1.38. The molecule has 0 saturated heterocycles. The first-order valence-corrected chi connectivity index (χ1v) is 10.4. The topological polar surface area (TPSA) is 68.8 Å². The molecule has 0 unspecified atom stereocenters. The number of methoxy groups -OCH3 is 1. The third-order valence-electron chi connectivity index (χ3n) is 4.26. The number of carbonyl (C=O) groups is 1. The molecule has 0 aliphatic carbocycles. The van der Waals surface area contributed by atoms with Gasteiger partial charge in [-0.05, 0) is 72.4 Å². The second-order valence-corrected chi connectivity index (χ2v) is 6.99. The lowest BCUT2D eigenvalue weighted by atomic mass is 10.2. The molecular weight excluding hydrogens is 424 g/mol. The van der Waals surface area contributed by atoms with Crippen molar-refractivity contribution >= 4 is 35.0 Å². The van der Waals surface area contributed by atoms with Crippen LogP contribution in [0.1, 0.15) is 5.56 Å². The molecule has 0 aliphatic heterocycles. The first-order chi connectivity index (χ1) is 15.6. The summed E-state index contributed by atoms with van der Waals surface area (Å²) in [7, 11) is 1.61. The number of thiocarbonyl (C=S) groups is 1. The number of rotatable bonds is 9. The van der Waals surface area contributed by atoms with Gasteiger partial charge < -0.3 is 19.5 Å². The SMILES string of the molecule is COc1ccc(/C=C/C(=O)NC(=S)Nc2ccc(OCCOc3ccccc3)cc2)cc1. The van der Waals surface area contributed by atoms with Gasteiger partial charge in [-0.25, -0.2) is 0 Å². The number of hydrogen-bond acceptors (Lipinski definition) is 5. The van der Waals surface area contributed by atoms with Crippen LogP contribution in [0.25, 0.3) is 6.08 Å². The predicted molar refractivity (Wildman–Crippen MR) is 130 cm³/mol. The molecular formula is C25H24N2O4S. The third kappa shape index (κ3) is 7.77. The molecule has 0 spiro atoms. The van der Waals surface area contributed by atoms with Crippen molar-refractivity contribution < 1.29 is 19.0 Å². The molecule has 0 atom stereocenters. The fraction of sp³-hybridized carbons (Fsp3) is 0.120. The van der Waals surface area contributed by atoms with Gasteiger partial charge in [0, 0.05) is 11.8 Å². The van der Waals surface area contributed by atoms with E-state index in [-0.39, 0.29) is 11.0 Å². The van der Waals surface area contributed by atoms with Gasteiger partial charge in [0.1, 0.15) is 30.5 Å². The van der Waals surface area contributed by atoms with Crippen molar-refractivity contribution in [2.45, 2.75) is 0 Å². The minimum atomic E-state index is -0.323. The van der Waals surface area contributed by atoms with Gasteiger partial charge in [-0.15, -0.1) is 0 Å². The van der Waals surface area contributed by atoms with Crippen molar-refractivity contribution in [3.63, 3.8) is 0 Å². The van der Waals surface area contributed by atoms with Gasteiger partial charge in [0.2, 0.25) is 5.91 Å². The molecule has 0 aliphatic rings. The second-order valence-electron chi connectivity index (χ2n) is 6.58. The summed E-state index contributed by atoms with van der Waals surface area (Å²) in [6.45, 7) is 0.876. The van der Waals surface area contributed by atoms with Crippen LogP contribution in [0.4, 0.5) is 5.69 Å². The molecule has 3 aromatic carbocycles. The number of benzene rings is 3. The number of nitrogens with one attached hydrogen (secondary N) is 2. The Labute approximate surface area is 192 Å². The van der Waals surface area contributed by atoms with E-state index < -0.39 is 0 Å². The van der Waals surface area contributed by atoms with Crippen LogP contribution >= 0.6 is 12.2 Å². The maximum absolute atomic E-state index is 12.1. The first kappa shape index (κ1) is 22.8. The highest BCUT2D eigenvalue weighted by Crippen LogP contribution is 2.16. The van der Waals surface area contributed by atoms with Crippen molar-refractivity contribution in [2.24, 2.45) is 0 Å². The van der Waals surface area contributed by atoms with Crippen LogP contribution in [0.2, 0.25) is 0 Å². The third-order valence-corrected chi connectivity index (χ3v) is 4.46. The maximum atomic E-state index is 12.1. The highest BCUT2D eigenvalue weighted by Gasteiger charge is 2.03. The van der Waals surface area contributed by atoms with Gasteiger partial charge in [0.25, 0.3) is 0 Å². The Morgan fingerprint density at radius 2 is 1.44 bits per heavy atom. The van der Waals surface area contributed by atoms with E-state index in [4.69, 9.17) is 26.4 Å². The van der Waals surface area contributed by atoms with Crippen molar-refractivity contribution in [1.82, 2.24) is 5.32 Å². The number of amides is 1. The summed E-state index contributed by atoms with van der Waals surface area (Å²) < 4.78 is 16.4. The minimum absolute atomic E-state index is 0.208. The molecule has 0 aromatic heterocycles. The van der Waals surface area contributed by atoms with Crippen LogP contribution in [-0.4, -0.2) is 31.3 Å². The molecule has 3 aromatic rings. The summed E-state index contributed by atoms with van der Waals surface area (Å²) in [4.78, 5) is 12.1. The van der Waals surface area contributed by atoms with Crippen LogP contribution in [-0.2, 0) is 4.79 Å². The fourth-order valence-electron chi connectivity index (χ4n) is 2.67. The van der Waals surface area contributed by atoms with Crippen LogP contribution in [0.15, 0.2) is 84.9 Å². The fourth-order valence-corrected chi connectivity index (χ4v) is 2.89. The van der Waals surface area contributed by atoms with Gasteiger partial charge in [-0.2, -0.15) is 0 Å². The molecule has 3 rings (SSSR count). The van der Waals surface area contributed by atoms with E-state index in [9.17, 15) is 4.79 Å². The number of para-hydroxylation sites is 1.